The van der Waals surface area contributed by atoms with E-state index in [0.717, 1.165) is 48.3 Å². The largest absolute Gasteiger partial charge is 0.324 e. The average molecular weight is 674 g/mol. The highest BCUT2D eigenvalue weighted by Gasteiger charge is 2.73. The molecule has 4 aromatic rings. The van der Waals surface area contributed by atoms with Crippen molar-refractivity contribution < 1.29 is 14.4 Å². The van der Waals surface area contributed by atoms with Crippen LogP contribution in [0.5, 0.6) is 0 Å². The Labute approximate surface area is 268 Å². The molecule has 0 aromatic heterocycles. The van der Waals surface area contributed by atoms with Crippen LogP contribution in [-0.4, -0.2) is 28.7 Å². The van der Waals surface area contributed by atoms with Crippen molar-refractivity contribution >= 4 is 62.5 Å². The van der Waals surface area contributed by atoms with Crippen LogP contribution in [0.2, 0.25) is 0 Å². The predicted octanol–water partition coefficient (Wildman–Crippen LogP) is 7.21. The monoisotopic (exact) mass is 672 g/mol. The van der Waals surface area contributed by atoms with Gasteiger partial charge in [-0.15, -0.1) is 23.2 Å². The second-order valence-corrected chi connectivity index (χ2v) is 13.7. The molecule has 4 aliphatic rings. The van der Waals surface area contributed by atoms with Crippen molar-refractivity contribution in [3.8, 4) is 0 Å². The van der Waals surface area contributed by atoms with E-state index in [0.29, 0.717) is 5.69 Å². The number of nitrogens with zero attached hydrogens (tertiary/aromatic N) is 1. The summed E-state index contributed by atoms with van der Waals surface area (Å²) in [5.74, 6) is -3.39. The van der Waals surface area contributed by atoms with Gasteiger partial charge in [0.1, 0.15) is 15.8 Å². The number of hydrogen-bond acceptors (Lipinski definition) is 3. The molecule has 0 radical (unpaired) electrons. The molecule has 0 spiro atoms. The molecule has 1 fully saturated rings. The summed E-state index contributed by atoms with van der Waals surface area (Å²) in [5, 5.41) is 3.02. The van der Waals surface area contributed by atoms with Crippen LogP contribution in [-0.2, 0) is 30.6 Å². The number of halogens is 3. The van der Waals surface area contributed by atoms with Gasteiger partial charge >= 0.3 is 0 Å². The van der Waals surface area contributed by atoms with Crippen molar-refractivity contribution in [3.63, 3.8) is 0 Å². The lowest BCUT2D eigenvalue weighted by Crippen LogP contribution is -2.57. The number of benzene rings is 4. The molecular formula is C35H27BrCl2N2O3. The predicted molar refractivity (Wildman–Crippen MR) is 171 cm³/mol. The summed E-state index contributed by atoms with van der Waals surface area (Å²) < 4.78 is 0.923. The lowest BCUT2D eigenvalue weighted by atomic mass is 9.54. The van der Waals surface area contributed by atoms with Crippen LogP contribution in [0.3, 0.4) is 0 Å². The van der Waals surface area contributed by atoms with Crippen LogP contribution in [0.25, 0.3) is 0 Å². The number of carbonyl (C=O) groups excluding carboxylic acids is 3. The third-order valence-electron chi connectivity index (χ3n) is 9.27. The first-order chi connectivity index (χ1) is 20.6. The summed E-state index contributed by atoms with van der Waals surface area (Å²) in [6.45, 7) is 3.83. The normalized spacial score (nSPS) is 25.7. The Hall–Kier alpha value is -3.45. The maximum Gasteiger partial charge on any atom is 0.248 e. The second kappa shape index (κ2) is 10.0. The van der Waals surface area contributed by atoms with Crippen LogP contribution >= 0.6 is 39.1 Å². The fourth-order valence-corrected chi connectivity index (χ4v) is 8.82. The molecule has 1 heterocycles. The van der Waals surface area contributed by atoms with Crippen molar-refractivity contribution in [2.24, 2.45) is 11.8 Å². The third kappa shape index (κ3) is 3.92. The van der Waals surface area contributed by atoms with Gasteiger partial charge in [-0.2, -0.15) is 0 Å². The summed E-state index contributed by atoms with van der Waals surface area (Å²) >= 11 is 18.8. The van der Waals surface area contributed by atoms with Crippen molar-refractivity contribution in [3.05, 3.63) is 134 Å². The quantitative estimate of drug-likeness (QED) is 0.180. The molecule has 5 nitrogen and oxygen atoms in total. The molecule has 216 valence electrons. The van der Waals surface area contributed by atoms with Gasteiger partial charge in [0.25, 0.3) is 0 Å². The topological polar surface area (TPSA) is 66.5 Å². The van der Waals surface area contributed by atoms with Crippen molar-refractivity contribution in [2.45, 2.75) is 36.1 Å². The molecular weight excluding hydrogens is 647 g/mol. The highest BCUT2D eigenvalue weighted by atomic mass is 79.9. The first-order valence-electron chi connectivity index (χ1n) is 14.1. The van der Waals surface area contributed by atoms with Crippen LogP contribution in [0, 0.1) is 25.7 Å². The van der Waals surface area contributed by atoms with E-state index in [1.54, 1.807) is 0 Å². The zero-order chi connectivity index (χ0) is 30.3. The molecule has 8 rings (SSSR count). The molecule has 1 saturated heterocycles. The molecule has 3 aliphatic carbocycles. The van der Waals surface area contributed by atoms with Crippen LogP contribution in [0.4, 0.5) is 5.69 Å². The standard InChI is InChI=1S/C35H27BrCl2N2O3/c1-19-17-27(20(2)16-26(19)36)39-31(41)28(18-21-10-4-3-5-11-21)40-32(42)29-30(33(40)43)35(38)23-13-7-6-12-22(23)34(29,37)24-14-8-9-15-25(24)35/h3-17,28-30H,18H2,1-2H3,(H,39,41)/t28-,29-,30-,34?,35?/m0/s1. The maximum atomic E-state index is 14.6. The van der Waals surface area contributed by atoms with Gasteiger partial charge in [0.2, 0.25) is 17.7 Å². The smallest absolute Gasteiger partial charge is 0.248 e. The van der Waals surface area contributed by atoms with Crippen LogP contribution in [0.1, 0.15) is 38.9 Å². The first-order valence-corrected chi connectivity index (χ1v) is 15.7. The van der Waals surface area contributed by atoms with E-state index in [-0.39, 0.29) is 6.42 Å². The van der Waals surface area contributed by atoms with Gasteiger partial charge in [0.05, 0.1) is 11.8 Å². The Morgan fingerprint density at radius 2 is 1.26 bits per heavy atom. The zero-order valence-corrected chi connectivity index (χ0v) is 26.5. The lowest BCUT2D eigenvalue weighted by molar-refractivity contribution is -0.146. The number of amides is 3. The third-order valence-corrected chi connectivity index (χ3v) is 11.4. The number of hydrogen-bond donors (Lipinski definition) is 1. The highest BCUT2D eigenvalue weighted by Crippen LogP contribution is 2.69. The molecule has 4 aromatic carbocycles. The molecule has 1 N–H and O–H groups in total. The minimum Gasteiger partial charge on any atom is -0.324 e. The summed E-state index contributed by atoms with van der Waals surface area (Å²) in [6, 6.07) is 27.1. The fraction of sp³-hybridized carbons (Fsp3) is 0.229. The maximum absolute atomic E-state index is 14.6. The van der Waals surface area contributed by atoms with Gasteiger partial charge in [-0.25, -0.2) is 0 Å². The number of carbonyl (C=O) groups is 3. The lowest BCUT2D eigenvalue weighted by Gasteiger charge is -2.54. The summed E-state index contributed by atoms with van der Waals surface area (Å²) in [7, 11) is 0. The Morgan fingerprint density at radius 1 is 0.791 bits per heavy atom. The Balaban J connectivity index is 1.36. The van der Waals surface area contributed by atoms with E-state index in [1.165, 1.54) is 0 Å². The summed E-state index contributed by atoms with van der Waals surface area (Å²) in [6.07, 6.45) is 0.141. The Bertz CT molecular complexity index is 1720. The van der Waals surface area contributed by atoms with Crippen LogP contribution in [0.15, 0.2) is 95.5 Å². The molecule has 0 saturated carbocycles. The minimum atomic E-state index is -1.32. The number of alkyl halides is 2. The van der Waals surface area contributed by atoms with Crippen molar-refractivity contribution in [1.29, 1.82) is 0 Å². The van der Waals surface area contributed by atoms with E-state index >= 15 is 0 Å². The number of likely N-dealkylation sites (tertiary alicyclic amines) is 1. The number of imide groups is 1. The van der Waals surface area contributed by atoms with Gasteiger partial charge in [0, 0.05) is 16.6 Å². The van der Waals surface area contributed by atoms with Crippen molar-refractivity contribution in [2.75, 3.05) is 5.32 Å². The molecule has 2 bridgehead atoms. The molecule has 3 amide bonds. The number of rotatable bonds is 5. The summed E-state index contributed by atoms with van der Waals surface area (Å²) in [4.78, 5) is 42.0. The molecule has 1 aliphatic heterocycles. The van der Waals surface area contributed by atoms with E-state index < -0.39 is 45.3 Å². The van der Waals surface area contributed by atoms with Crippen molar-refractivity contribution in [1.82, 2.24) is 4.90 Å². The SMILES string of the molecule is Cc1cc(NC(=O)[C@H](Cc2ccccc2)N2C(=O)[C@@H]3[C@@H](C2=O)C2(Cl)c4ccccc4C3(Cl)c3ccccc32)c(C)cc1Br. The zero-order valence-electron chi connectivity index (χ0n) is 23.4. The van der Waals surface area contributed by atoms with Gasteiger partial charge in [-0.3, -0.25) is 19.3 Å². The van der Waals surface area contributed by atoms with E-state index in [1.807, 2.05) is 105 Å². The van der Waals surface area contributed by atoms with Gasteiger partial charge in [0.15, 0.2) is 0 Å². The van der Waals surface area contributed by atoms with E-state index in [9.17, 15) is 14.4 Å². The molecule has 3 atom stereocenters. The van der Waals surface area contributed by atoms with E-state index in [4.69, 9.17) is 23.2 Å². The Morgan fingerprint density at radius 3 is 1.74 bits per heavy atom. The number of aryl methyl sites for hydroxylation is 2. The second-order valence-electron chi connectivity index (χ2n) is 11.6. The molecule has 8 heteroatoms. The minimum absolute atomic E-state index is 0.141. The Kier molecular flexibility index (Phi) is 6.62. The van der Waals surface area contributed by atoms with E-state index in [2.05, 4.69) is 21.2 Å². The molecule has 43 heavy (non-hydrogen) atoms. The van der Waals surface area contributed by atoms with Crippen LogP contribution < -0.4 is 5.32 Å². The fourth-order valence-electron chi connectivity index (χ4n) is 7.27. The summed E-state index contributed by atoms with van der Waals surface area (Å²) in [5.41, 5.74) is 6.11. The first kappa shape index (κ1) is 28.3. The number of nitrogens with one attached hydrogen (secondary N) is 1. The number of anilines is 1. The van der Waals surface area contributed by atoms with Gasteiger partial charge in [-0.1, -0.05) is 94.8 Å². The average Bonchev–Trinajstić information content (AvgIpc) is 3.28. The van der Waals surface area contributed by atoms with Gasteiger partial charge < -0.3 is 5.32 Å². The van der Waals surface area contributed by atoms with Gasteiger partial charge in [-0.05, 0) is 64.9 Å². The molecule has 0 unspecified atom stereocenters. The highest BCUT2D eigenvalue weighted by molar-refractivity contribution is 9.10.